The molecule has 0 radical (unpaired) electrons. The molecule has 8 heteroatoms. The smallest absolute Gasteiger partial charge is 0.352 e. The van der Waals surface area contributed by atoms with Crippen molar-refractivity contribution in [3.63, 3.8) is 0 Å². The maximum atomic E-state index is 11.8. The Labute approximate surface area is 108 Å². The van der Waals surface area contributed by atoms with Crippen LogP contribution in [0.3, 0.4) is 0 Å². The van der Waals surface area contributed by atoms with Gasteiger partial charge in [-0.2, -0.15) is 0 Å². The zero-order valence-corrected chi connectivity index (χ0v) is 10.9. The van der Waals surface area contributed by atoms with Crippen LogP contribution in [0.25, 0.3) is 0 Å². The maximum absolute atomic E-state index is 11.8. The number of piperidine rings is 1. The van der Waals surface area contributed by atoms with Crippen molar-refractivity contribution in [1.29, 1.82) is 0 Å². The van der Waals surface area contributed by atoms with Crippen molar-refractivity contribution in [2.75, 3.05) is 18.0 Å². The SMILES string of the molecule is CC1CCN(c2[nH]c(=O)n(C)c(=O)c2[N+](=O)[O-])CC1. The van der Waals surface area contributed by atoms with Gasteiger partial charge in [-0.3, -0.25) is 24.5 Å². The molecule has 2 heterocycles. The van der Waals surface area contributed by atoms with Crippen LogP contribution in [0.5, 0.6) is 0 Å². The van der Waals surface area contributed by atoms with Gasteiger partial charge in [0.15, 0.2) is 5.82 Å². The highest BCUT2D eigenvalue weighted by Crippen LogP contribution is 2.25. The summed E-state index contributed by atoms with van der Waals surface area (Å²) in [5.41, 5.74) is -2.07. The Kier molecular flexibility index (Phi) is 3.41. The van der Waals surface area contributed by atoms with Gasteiger partial charge in [-0.1, -0.05) is 6.92 Å². The summed E-state index contributed by atoms with van der Waals surface area (Å²) in [7, 11) is 1.22. The van der Waals surface area contributed by atoms with Crippen LogP contribution in [0.4, 0.5) is 11.5 Å². The van der Waals surface area contributed by atoms with Gasteiger partial charge in [0, 0.05) is 20.1 Å². The Hall–Kier alpha value is -2.12. The van der Waals surface area contributed by atoms with Gasteiger partial charge in [0.05, 0.1) is 4.92 Å². The van der Waals surface area contributed by atoms with E-state index in [4.69, 9.17) is 0 Å². The number of rotatable bonds is 2. The number of H-pyrrole nitrogens is 1. The number of hydrogen-bond acceptors (Lipinski definition) is 5. The van der Waals surface area contributed by atoms with Crippen molar-refractivity contribution in [3.8, 4) is 0 Å². The normalized spacial score (nSPS) is 16.6. The summed E-state index contributed by atoms with van der Waals surface area (Å²) in [4.78, 5) is 37.9. The number of aromatic amines is 1. The van der Waals surface area contributed by atoms with E-state index < -0.39 is 21.9 Å². The fraction of sp³-hybridized carbons (Fsp3) is 0.636. The first kappa shape index (κ1) is 13.3. The summed E-state index contributed by atoms with van der Waals surface area (Å²) in [5, 5.41) is 11.1. The minimum atomic E-state index is -0.873. The van der Waals surface area contributed by atoms with E-state index >= 15 is 0 Å². The molecule has 0 aromatic carbocycles. The van der Waals surface area contributed by atoms with E-state index in [2.05, 4.69) is 11.9 Å². The number of nitro groups is 1. The molecule has 104 valence electrons. The van der Waals surface area contributed by atoms with Crippen molar-refractivity contribution in [2.45, 2.75) is 19.8 Å². The molecule has 1 N–H and O–H groups in total. The Bertz CT molecular complexity index is 610. The standard InChI is InChI=1S/C11H16N4O4/c1-7-3-5-14(6-4-7)9-8(15(18)19)10(16)13(2)11(17)12-9/h7H,3-6H2,1-2H3,(H,12,17). The van der Waals surface area contributed by atoms with Crippen LogP contribution in [0.2, 0.25) is 0 Å². The lowest BCUT2D eigenvalue weighted by atomic mass is 9.99. The van der Waals surface area contributed by atoms with Gasteiger partial charge in [0.25, 0.3) is 0 Å². The second kappa shape index (κ2) is 4.87. The molecule has 0 bridgehead atoms. The van der Waals surface area contributed by atoms with Crippen molar-refractivity contribution in [3.05, 3.63) is 31.0 Å². The van der Waals surface area contributed by atoms with E-state index in [-0.39, 0.29) is 5.82 Å². The van der Waals surface area contributed by atoms with Gasteiger partial charge in [-0.25, -0.2) is 4.79 Å². The van der Waals surface area contributed by atoms with Gasteiger partial charge in [-0.05, 0) is 18.8 Å². The minimum absolute atomic E-state index is 0.0324. The lowest BCUT2D eigenvalue weighted by molar-refractivity contribution is -0.386. The van der Waals surface area contributed by atoms with E-state index in [0.29, 0.717) is 23.6 Å². The lowest BCUT2D eigenvalue weighted by Gasteiger charge is -2.30. The van der Waals surface area contributed by atoms with Gasteiger partial charge in [0.2, 0.25) is 0 Å². The third kappa shape index (κ3) is 2.38. The molecule has 19 heavy (non-hydrogen) atoms. The topological polar surface area (TPSA) is 101 Å². The largest absolute Gasteiger partial charge is 0.374 e. The van der Waals surface area contributed by atoms with Gasteiger partial charge in [-0.15, -0.1) is 0 Å². The molecule has 0 unspecified atom stereocenters. The average Bonchev–Trinajstić information content (AvgIpc) is 2.36. The molecule has 8 nitrogen and oxygen atoms in total. The summed E-state index contributed by atoms with van der Waals surface area (Å²) < 4.78 is 0.716. The van der Waals surface area contributed by atoms with Crippen LogP contribution in [-0.2, 0) is 7.05 Å². The predicted octanol–water partition coefficient (Wildman–Crippen LogP) is 0.218. The second-order valence-electron chi connectivity index (χ2n) is 4.92. The van der Waals surface area contributed by atoms with Crippen LogP contribution in [0.1, 0.15) is 19.8 Å². The zero-order chi connectivity index (χ0) is 14.2. The Morgan fingerprint density at radius 3 is 2.42 bits per heavy atom. The van der Waals surface area contributed by atoms with E-state index in [1.807, 2.05) is 0 Å². The van der Waals surface area contributed by atoms with E-state index in [9.17, 15) is 19.7 Å². The molecule has 1 aliphatic heterocycles. The average molecular weight is 268 g/mol. The van der Waals surface area contributed by atoms with E-state index in [1.54, 1.807) is 4.90 Å². The van der Waals surface area contributed by atoms with Gasteiger partial charge in [0.1, 0.15) is 0 Å². The number of aromatic nitrogens is 2. The summed E-state index contributed by atoms with van der Waals surface area (Å²) >= 11 is 0. The highest BCUT2D eigenvalue weighted by atomic mass is 16.6. The van der Waals surface area contributed by atoms with Crippen LogP contribution in [-0.4, -0.2) is 27.6 Å². The van der Waals surface area contributed by atoms with Crippen molar-refractivity contribution in [2.24, 2.45) is 13.0 Å². The molecular formula is C11H16N4O4. The lowest BCUT2D eigenvalue weighted by Crippen LogP contribution is -2.40. The number of anilines is 1. The Balaban J connectivity index is 2.53. The molecule has 1 aliphatic rings. The summed E-state index contributed by atoms with van der Waals surface area (Å²) in [6, 6.07) is 0. The monoisotopic (exact) mass is 268 g/mol. The van der Waals surface area contributed by atoms with E-state index in [0.717, 1.165) is 12.8 Å². The second-order valence-corrected chi connectivity index (χ2v) is 4.92. The number of hydrogen-bond donors (Lipinski definition) is 1. The molecule has 0 atom stereocenters. The fourth-order valence-corrected chi connectivity index (χ4v) is 2.22. The van der Waals surface area contributed by atoms with Crippen LogP contribution >= 0.6 is 0 Å². The predicted molar refractivity (Wildman–Crippen MR) is 69.6 cm³/mol. The van der Waals surface area contributed by atoms with Crippen molar-refractivity contribution >= 4 is 11.5 Å². The number of nitrogens with zero attached hydrogens (tertiary/aromatic N) is 3. The van der Waals surface area contributed by atoms with Gasteiger partial charge >= 0.3 is 16.9 Å². The first-order valence-electron chi connectivity index (χ1n) is 6.14. The van der Waals surface area contributed by atoms with Crippen LogP contribution in [0.15, 0.2) is 9.59 Å². The van der Waals surface area contributed by atoms with Crippen LogP contribution < -0.4 is 16.1 Å². The third-order valence-electron chi connectivity index (χ3n) is 3.54. The molecule has 1 fully saturated rings. The molecular weight excluding hydrogens is 252 g/mol. The minimum Gasteiger partial charge on any atom is -0.352 e. The van der Waals surface area contributed by atoms with E-state index in [1.165, 1.54) is 7.05 Å². The molecule has 2 rings (SSSR count). The molecule has 1 saturated heterocycles. The van der Waals surface area contributed by atoms with Crippen molar-refractivity contribution < 1.29 is 4.92 Å². The Morgan fingerprint density at radius 2 is 1.89 bits per heavy atom. The summed E-state index contributed by atoms with van der Waals surface area (Å²) in [6.07, 6.45) is 1.77. The molecule has 1 aromatic rings. The summed E-state index contributed by atoms with van der Waals surface area (Å²) in [5.74, 6) is 0.582. The maximum Gasteiger partial charge on any atom is 0.374 e. The van der Waals surface area contributed by atoms with Crippen molar-refractivity contribution in [1.82, 2.24) is 9.55 Å². The highest BCUT2D eigenvalue weighted by Gasteiger charge is 2.28. The molecule has 0 aliphatic carbocycles. The molecule has 0 amide bonds. The third-order valence-corrected chi connectivity index (χ3v) is 3.54. The van der Waals surface area contributed by atoms with Gasteiger partial charge < -0.3 is 4.90 Å². The quantitative estimate of drug-likeness (QED) is 0.610. The molecule has 0 saturated carbocycles. The number of nitrogens with one attached hydrogen (secondary N) is 1. The molecule has 0 spiro atoms. The molecule has 1 aromatic heterocycles. The first-order chi connectivity index (χ1) is 8.91. The fourth-order valence-electron chi connectivity index (χ4n) is 2.22. The highest BCUT2D eigenvalue weighted by molar-refractivity contribution is 5.56. The Morgan fingerprint density at radius 1 is 1.32 bits per heavy atom. The zero-order valence-electron chi connectivity index (χ0n) is 10.9. The van der Waals surface area contributed by atoms with Crippen LogP contribution in [0, 0.1) is 16.0 Å². The summed E-state index contributed by atoms with van der Waals surface area (Å²) in [6.45, 7) is 3.31. The first-order valence-corrected chi connectivity index (χ1v) is 6.14.